The number of aromatic nitrogens is 1. The number of ether oxygens (including phenoxy) is 2. The predicted molar refractivity (Wildman–Crippen MR) is 109 cm³/mol. The van der Waals surface area contributed by atoms with Crippen LogP contribution >= 0.6 is 11.3 Å². The second-order valence-electron chi connectivity index (χ2n) is 6.12. The van der Waals surface area contributed by atoms with Crippen molar-refractivity contribution < 1.29 is 19.1 Å². The molecule has 0 aliphatic carbocycles. The van der Waals surface area contributed by atoms with Crippen molar-refractivity contribution in [3.05, 3.63) is 65.2 Å². The van der Waals surface area contributed by atoms with Gasteiger partial charge in [-0.1, -0.05) is 12.1 Å². The Hall–Kier alpha value is -3.19. The van der Waals surface area contributed by atoms with Gasteiger partial charge in [-0.15, -0.1) is 11.3 Å². The van der Waals surface area contributed by atoms with Gasteiger partial charge in [0.15, 0.2) is 5.69 Å². The predicted octanol–water partition coefficient (Wildman–Crippen LogP) is 4.70. The zero-order valence-corrected chi connectivity index (χ0v) is 16.6. The summed E-state index contributed by atoms with van der Waals surface area (Å²) in [5.41, 5.74) is 2.61. The van der Waals surface area contributed by atoms with Crippen molar-refractivity contribution in [2.75, 3.05) is 12.4 Å². The first kappa shape index (κ1) is 19.6. The number of nitrogens with one attached hydrogen (secondary N) is 1. The summed E-state index contributed by atoms with van der Waals surface area (Å²) in [5.74, 6) is 0.110. The molecule has 3 aromatic rings. The third kappa shape index (κ3) is 4.75. The highest BCUT2D eigenvalue weighted by molar-refractivity contribution is 7.13. The summed E-state index contributed by atoms with van der Waals surface area (Å²) in [6.45, 7) is 3.22. The molecule has 144 valence electrons. The van der Waals surface area contributed by atoms with E-state index >= 15 is 0 Å². The highest BCUT2D eigenvalue weighted by Gasteiger charge is 2.18. The van der Waals surface area contributed by atoms with Gasteiger partial charge in [-0.05, 0) is 48.9 Å². The monoisotopic (exact) mass is 396 g/mol. The van der Waals surface area contributed by atoms with Crippen LogP contribution in [0.2, 0.25) is 0 Å². The number of anilines is 1. The van der Waals surface area contributed by atoms with Crippen LogP contribution in [0.3, 0.4) is 0 Å². The van der Waals surface area contributed by atoms with Gasteiger partial charge in [-0.3, -0.25) is 4.79 Å². The maximum absolute atomic E-state index is 12.5. The Morgan fingerprint density at radius 1 is 1.14 bits per heavy atom. The maximum atomic E-state index is 12.5. The molecule has 1 unspecified atom stereocenters. The Balaban J connectivity index is 1.69. The van der Waals surface area contributed by atoms with E-state index in [0.29, 0.717) is 5.69 Å². The summed E-state index contributed by atoms with van der Waals surface area (Å²) in [7, 11) is 1.61. The van der Waals surface area contributed by atoms with E-state index in [0.717, 1.165) is 21.9 Å². The van der Waals surface area contributed by atoms with Gasteiger partial charge < -0.3 is 14.8 Å². The molecule has 1 aromatic heterocycles. The summed E-state index contributed by atoms with van der Waals surface area (Å²) in [6.07, 6.45) is -0.479. The number of thiazole rings is 1. The Morgan fingerprint density at radius 2 is 1.89 bits per heavy atom. The fraction of sp³-hybridized carbons (Fsp3) is 0.190. The fourth-order valence-electron chi connectivity index (χ4n) is 2.60. The molecule has 1 N–H and O–H groups in total. The smallest absolute Gasteiger partial charge is 0.358 e. The molecule has 7 heteroatoms. The van der Waals surface area contributed by atoms with Gasteiger partial charge in [0, 0.05) is 23.6 Å². The Bertz CT molecular complexity index is 982. The number of carbonyl (C=O) groups is 2. The summed E-state index contributed by atoms with van der Waals surface area (Å²) in [6, 6.07) is 14.7. The molecule has 0 aliphatic heterocycles. The van der Waals surface area contributed by atoms with Gasteiger partial charge in [0.1, 0.15) is 16.9 Å². The Labute approximate surface area is 167 Å². The molecular formula is C21H20N2O4S. The molecule has 0 fully saturated rings. The molecule has 1 heterocycles. The third-order valence-corrected chi connectivity index (χ3v) is 4.90. The van der Waals surface area contributed by atoms with Crippen LogP contribution in [0.5, 0.6) is 5.75 Å². The van der Waals surface area contributed by atoms with Crippen molar-refractivity contribution in [2.24, 2.45) is 0 Å². The standard InChI is InChI=1S/C21H20N2O4S/c1-13(16-5-4-6-17(11-16)22-14(2)24)27-21(25)19-12-28-20(23-19)15-7-9-18(26-3)10-8-15/h4-13H,1-3H3,(H,22,24). The minimum absolute atomic E-state index is 0.157. The Kier molecular flexibility index (Phi) is 6.06. The van der Waals surface area contributed by atoms with Gasteiger partial charge in [0.05, 0.1) is 7.11 Å². The molecule has 0 saturated heterocycles. The van der Waals surface area contributed by atoms with Crippen molar-refractivity contribution in [1.29, 1.82) is 0 Å². The van der Waals surface area contributed by atoms with E-state index in [-0.39, 0.29) is 11.6 Å². The fourth-order valence-corrected chi connectivity index (χ4v) is 3.39. The van der Waals surface area contributed by atoms with Gasteiger partial charge in [-0.25, -0.2) is 9.78 Å². The molecular weight excluding hydrogens is 376 g/mol. The second-order valence-corrected chi connectivity index (χ2v) is 6.98. The average Bonchev–Trinajstić information content (AvgIpc) is 3.18. The van der Waals surface area contributed by atoms with E-state index in [1.807, 2.05) is 30.3 Å². The van der Waals surface area contributed by atoms with Crippen LogP contribution < -0.4 is 10.1 Å². The van der Waals surface area contributed by atoms with Crippen LogP contribution in [-0.4, -0.2) is 24.0 Å². The van der Waals surface area contributed by atoms with Crippen molar-refractivity contribution in [3.8, 4) is 16.3 Å². The number of esters is 1. The van der Waals surface area contributed by atoms with E-state index in [1.165, 1.54) is 18.3 Å². The van der Waals surface area contributed by atoms with E-state index < -0.39 is 12.1 Å². The van der Waals surface area contributed by atoms with Crippen molar-refractivity contribution in [1.82, 2.24) is 4.98 Å². The first-order chi connectivity index (χ1) is 13.5. The van der Waals surface area contributed by atoms with Crippen LogP contribution in [0.15, 0.2) is 53.9 Å². The molecule has 1 amide bonds. The molecule has 0 radical (unpaired) electrons. The van der Waals surface area contributed by atoms with Crippen LogP contribution in [0.4, 0.5) is 5.69 Å². The number of hydrogen-bond donors (Lipinski definition) is 1. The number of carbonyl (C=O) groups excluding carboxylic acids is 2. The quantitative estimate of drug-likeness (QED) is 0.611. The molecule has 0 saturated carbocycles. The first-order valence-electron chi connectivity index (χ1n) is 8.64. The van der Waals surface area contributed by atoms with E-state index in [1.54, 1.807) is 37.6 Å². The molecule has 0 aliphatic rings. The average molecular weight is 396 g/mol. The Morgan fingerprint density at radius 3 is 2.57 bits per heavy atom. The number of rotatable bonds is 6. The number of hydrogen-bond acceptors (Lipinski definition) is 6. The largest absolute Gasteiger partial charge is 0.497 e. The molecule has 2 aromatic carbocycles. The number of methoxy groups -OCH3 is 1. The van der Waals surface area contributed by atoms with Crippen LogP contribution in [-0.2, 0) is 9.53 Å². The van der Waals surface area contributed by atoms with Crippen molar-refractivity contribution in [2.45, 2.75) is 20.0 Å². The third-order valence-electron chi connectivity index (χ3n) is 4.01. The topological polar surface area (TPSA) is 77.5 Å². The lowest BCUT2D eigenvalue weighted by Crippen LogP contribution is -2.11. The summed E-state index contributed by atoms with van der Waals surface area (Å²) < 4.78 is 10.7. The zero-order chi connectivity index (χ0) is 20.1. The highest BCUT2D eigenvalue weighted by atomic mass is 32.1. The summed E-state index contributed by atoms with van der Waals surface area (Å²) in [4.78, 5) is 28.1. The first-order valence-corrected chi connectivity index (χ1v) is 9.52. The molecule has 1 atom stereocenters. The maximum Gasteiger partial charge on any atom is 0.358 e. The minimum atomic E-state index is -0.492. The van der Waals surface area contributed by atoms with Crippen molar-refractivity contribution >= 4 is 28.9 Å². The van der Waals surface area contributed by atoms with Crippen LogP contribution in [0.25, 0.3) is 10.6 Å². The lowest BCUT2D eigenvalue weighted by Gasteiger charge is -2.14. The zero-order valence-electron chi connectivity index (χ0n) is 15.8. The van der Waals surface area contributed by atoms with E-state index in [4.69, 9.17) is 9.47 Å². The molecule has 6 nitrogen and oxygen atoms in total. The summed E-state index contributed by atoms with van der Waals surface area (Å²) >= 11 is 1.38. The minimum Gasteiger partial charge on any atom is -0.497 e. The number of benzene rings is 2. The summed E-state index contributed by atoms with van der Waals surface area (Å²) in [5, 5.41) is 5.13. The second kappa shape index (κ2) is 8.67. The van der Waals surface area contributed by atoms with Crippen LogP contribution in [0, 0.1) is 0 Å². The molecule has 0 bridgehead atoms. The SMILES string of the molecule is COc1ccc(-c2nc(C(=O)OC(C)c3cccc(NC(C)=O)c3)cs2)cc1. The normalized spacial score (nSPS) is 11.5. The lowest BCUT2D eigenvalue weighted by atomic mass is 10.1. The van der Waals surface area contributed by atoms with Crippen molar-refractivity contribution in [3.63, 3.8) is 0 Å². The van der Waals surface area contributed by atoms with Gasteiger partial charge >= 0.3 is 5.97 Å². The van der Waals surface area contributed by atoms with Crippen LogP contribution in [0.1, 0.15) is 36.0 Å². The van der Waals surface area contributed by atoms with Gasteiger partial charge in [0.2, 0.25) is 5.91 Å². The highest BCUT2D eigenvalue weighted by Crippen LogP contribution is 2.27. The molecule has 28 heavy (non-hydrogen) atoms. The number of nitrogens with zero attached hydrogens (tertiary/aromatic N) is 1. The molecule has 0 spiro atoms. The van der Waals surface area contributed by atoms with E-state index in [2.05, 4.69) is 10.3 Å². The molecule has 3 rings (SSSR count). The van der Waals surface area contributed by atoms with Gasteiger partial charge in [0.25, 0.3) is 0 Å². The lowest BCUT2D eigenvalue weighted by molar-refractivity contribution is -0.114. The van der Waals surface area contributed by atoms with E-state index in [9.17, 15) is 9.59 Å². The van der Waals surface area contributed by atoms with Gasteiger partial charge in [-0.2, -0.15) is 0 Å². The number of amides is 1.